The number of carbonyl (C=O) groups excluding carboxylic acids is 1. The lowest BCUT2D eigenvalue weighted by Crippen LogP contribution is -2.26. The maximum absolute atomic E-state index is 12.0. The number of hydrogen-bond acceptors (Lipinski definition) is 3. The standard InChI is InChI=1S/C14H19N3OS/c1-9(19-2)6-7-16-14(18)12-8-10-4-3-5-11(15)13(10)17-12/h3-5,8-9,17H,6-7,15H2,1-2H3,(H,16,18). The van der Waals surface area contributed by atoms with Gasteiger partial charge in [0.1, 0.15) is 5.69 Å². The zero-order valence-corrected chi connectivity index (χ0v) is 12.0. The van der Waals surface area contributed by atoms with Gasteiger partial charge in [0.2, 0.25) is 0 Å². The third-order valence-electron chi connectivity index (χ3n) is 3.17. The number of fused-ring (bicyclic) bond motifs is 1. The van der Waals surface area contributed by atoms with Gasteiger partial charge in [0.25, 0.3) is 5.91 Å². The van der Waals surface area contributed by atoms with E-state index in [1.165, 1.54) is 0 Å². The summed E-state index contributed by atoms with van der Waals surface area (Å²) in [6.45, 7) is 2.84. The van der Waals surface area contributed by atoms with Crippen molar-refractivity contribution in [1.29, 1.82) is 0 Å². The molecule has 0 fully saturated rings. The lowest BCUT2D eigenvalue weighted by Gasteiger charge is -2.08. The van der Waals surface area contributed by atoms with E-state index in [2.05, 4.69) is 23.5 Å². The van der Waals surface area contributed by atoms with Crippen LogP contribution in [0.5, 0.6) is 0 Å². The average molecular weight is 277 g/mol. The molecule has 1 amide bonds. The van der Waals surface area contributed by atoms with Crippen LogP contribution in [-0.4, -0.2) is 28.9 Å². The quantitative estimate of drug-likeness (QED) is 0.736. The summed E-state index contributed by atoms with van der Waals surface area (Å²) in [5.74, 6) is -0.0797. The normalized spacial score (nSPS) is 12.5. The maximum Gasteiger partial charge on any atom is 0.267 e. The van der Waals surface area contributed by atoms with Gasteiger partial charge in [-0.3, -0.25) is 4.79 Å². The molecule has 1 aromatic heterocycles. The highest BCUT2D eigenvalue weighted by Crippen LogP contribution is 2.21. The maximum atomic E-state index is 12.0. The van der Waals surface area contributed by atoms with Crippen LogP contribution in [0.25, 0.3) is 10.9 Å². The van der Waals surface area contributed by atoms with Gasteiger partial charge in [-0.15, -0.1) is 0 Å². The van der Waals surface area contributed by atoms with Crippen molar-refractivity contribution < 1.29 is 4.79 Å². The lowest BCUT2D eigenvalue weighted by molar-refractivity contribution is 0.0949. The van der Waals surface area contributed by atoms with Crippen molar-refractivity contribution in [2.75, 3.05) is 18.5 Å². The van der Waals surface area contributed by atoms with Crippen LogP contribution in [0, 0.1) is 0 Å². The summed E-state index contributed by atoms with van der Waals surface area (Å²) < 4.78 is 0. The number of nitrogens with two attached hydrogens (primary N) is 1. The highest BCUT2D eigenvalue weighted by atomic mass is 32.2. The fourth-order valence-corrected chi connectivity index (χ4v) is 2.26. The van der Waals surface area contributed by atoms with E-state index in [4.69, 9.17) is 5.73 Å². The second kappa shape index (κ2) is 6.02. The highest BCUT2D eigenvalue weighted by molar-refractivity contribution is 7.99. The summed E-state index contributed by atoms with van der Waals surface area (Å²) >= 11 is 1.80. The Morgan fingerprint density at radius 3 is 3.00 bits per heavy atom. The molecular weight excluding hydrogens is 258 g/mol. The first kappa shape index (κ1) is 13.8. The molecule has 1 aromatic carbocycles. The van der Waals surface area contributed by atoms with E-state index < -0.39 is 0 Å². The Balaban J connectivity index is 2.03. The van der Waals surface area contributed by atoms with E-state index in [1.54, 1.807) is 11.8 Å². The number of hydrogen-bond donors (Lipinski definition) is 3. The van der Waals surface area contributed by atoms with Gasteiger partial charge in [0, 0.05) is 17.2 Å². The smallest absolute Gasteiger partial charge is 0.267 e. The van der Waals surface area contributed by atoms with E-state index in [1.807, 2.05) is 24.3 Å². The summed E-state index contributed by atoms with van der Waals surface area (Å²) in [6, 6.07) is 7.47. The number of nitrogen functional groups attached to an aromatic ring is 1. The molecule has 19 heavy (non-hydrogen) atoms. The molecule has 0 saturated carbocycles. The summed E-state index contributed by atoms with van der Waals surface area (Å²) in [5.41, 5.74) is 7.91. The van der Waals surface area contributed by atoms with Crippen molar-refractivity contribution >= 4 is 34.3 Å². The molecule has 1 unspecified atom stereocenters. The van der Waals surface area contributed by atoms with Crippen LogP contribution in [0.4, 0.5) is 5.69 Å². The molecule has 4 nitrogen and oxygen atoms in total. The minimum Gasteiger partial charge on any atom is -0.397 e. The summed E-state index contributed by atoms with van der Waals surface area (Å²) in [7, 11) is 0. The third-order valence-corrected chi connectivity index (χ3v) is 4.21. The van der Waals surface area contributed by atoms with Crippen LogP contribution in [0.2, 0.25) is 0 Å². The number of nitrogens with one attached hydrogen (secondary N) is 2. The van der Waals surface area contributed by atoms with E-state index in [0.29, 0.717) is 23.2 Å². The molecule has 5 heteroatoms. The molecule has 0 radical (unpaired) electrons. The SMILES string of the molecule is CSC(C)CCNC(=O)c1cc2cccc(N)c2[nH]1. The monoisotopic (exact) mass is 277 g/mol. The second-order valence-electron chi connectivity index (χ2n) is 4.59. The van der Waals surface area contributed by atoms with Gasteiger partial charge in [-0.05, 0) is 24.8 Å². The zero-order chi connectivity index (χ0) is 13.8. The highest BCUT2D eigenvalue weighted by Gasteiger charge is 2.10. The zero-order valence-electron chi connectivity index (χ0n) is 11.2. The van der Waals surface area contributed by atoms with Gasteiger partial charge in [-0.25, -0.2) is 0 Å². The van der Waals surface area contributed by atoms with Crippen LogP contribution < -0.4 is 11.1 Å². The number of anilines is 1. The minimum absolute atomic E-state index is 0.0797. The Morgan fingerprint density at radius 2 is 2.32 bits per heavy atom. The first-order valence-electron chi connectivity index (χ1n) is 6.30. The van der Waals surface area contributed by atoms with Crippen LogP contribution in [0.3, 0.4) is 0 Å². The van der Waals surface area contributed by atoms with Crippen molar-refractivity contribution in [3.63, 3.8) is 0 Å². The van der Waals surface area contributed by atoms with Crippen molar-refractivity contribution in [1.82, 2.24) is 10.3 Å². The van der Waals surface area contributed by atoms with Gasteiger partial charge >= 0.3 is 0 Å². The first-order chi connectivity index (χ1) is 9.11. The molecule has 1 heterocycles. The molecule has 102 valence electrons. The van der Waals surface area contributed by atoms with Crippen molar-refractivity contribution in [2.24, 2.45) is 0 Å². The number of thioether (sulfide) groups is 1. The Kier molecular flexibility index (Phi) is 4.37. The molecule has 0 saturated heterocycles. The van der Waals surface area contributed by atoms with Crippen LogP contribution >= 0.6 is 11.8 Å². The van der Waals surface area contributed by atoms with Crippen LogP contribution in [-0.2, 0) is 0 Å². The summed E-state index contributed by atoms with van der Waals surface area (Å²) in [6.07, 6.45) is 3.04. The van der Waals surface area contributed by atoms with Crippen LogP contribution in [0.1, 0.15) is 23.8 Å². The minimum atomic E-state index is -0.0797. The van der Waals surface area contributed by atoms with E-state index in [9.17, 15) is 4.79 Å². The number of rotatable bonds is 5. The number of amides is 1. The third kappa shape index (κ3) is 3.23. The van der Waals surface area contributed by atoms with Gasteiger partial charge in [0.15, 0.2) is 0 Å². The molecule has 0 aliphatic heterocycles. The number of carbonyl (C=O) groups is 1. The lowest BCUT2D eigenvalue weighted by atomic mass is 10.2. The molecule has 2 rings (SSSR count). The summed E-state index contributed by atoms with van der Waals surface area (Å²) in [4.78, 5) is 15.1. The van der Waals surface area contributed by atoms with Gasteiger partial charge in [0.05, 0.1) is 11.2 Å². The predicted molar refractivity (Wildman–Crippen MR) is 82.6 cm³/mol. The molecule has 4 N–H and O–H groups in total. The van der Waals surface area contributed by atoms with Crippen molar-refractivity contribution in [2.45, 2.75) is 18.6 Å². The van der Waals surface area contributed by atoms with E-state index in [0.717, 1.165) is 17.3 Å². The molecule has 0 aliphatic carbocycles. The molecule has 2 aromatic rings. The number of H-pyrrole nitrogens is 1. The number of aromatic nitrogens is 1. The topological polar surface area (TPSA) is 70.9 Å². The Bertz CT molecular complexity index is 579. The largest absolute Gasteiger partial charge is 0.397 e. The number of aromatic amines is 1. The van der Waals surface area contributed by atoms with Gasteiger partial charge in [-0.2, -0.15) is 11.8 Å². The fraction of sp³-hybridized carbons (Fsp3) is 0.357. The van der Waals surface area contributed by atoms with Crippen molar-refractivity contribution in [3.8, 4) is 0 Å². The number of benzene rings is 1. The van der Waals surface area contributed by atoms with Gasteiger partial charge < -0.3 is 16.0 Å². The molecule has 0 spiro atoms. The van der Waals surface area contributed by atoms with Gasteiger partial charge in [-0.1, -0.05) is 19.1 Å². The fourth-order valence-electron chi connectivity index (χ4n) is 1.90. The molecular formula is C14H19N3OS. The average Bonchev–Trinajstić information content (AvgIpc) is 2.84. The van der Waals surface area contributed by atoms with E-state index >= 15 is 0 Å². The van der Waals surface area contributed by atoms with E-state index in [-0.39, 0.29) is 5.91 Å². The Labute approximate surface area is 117 Å². The summed E-state index contributed by atoms with van der Waals surface area (Å²) in [5, 5.41) is 4.44. The predicted octanol–water partition coefficient (Wildman–Crippen LogP) is 2.62. The van der Waals surface area contributed by atoms with Crippen molar-refractivity contribution in [3.05, 3.63) is 30.0 Å². The molecule has 0 aliphatic rings. The molecule has 0 bridgehead atoms. The van der Waals surface area contributed by atoms with Crippen LogP contribution in [0.15, 0.2) is 24.3 Å². The molecule has 1 atom stereocenters. The Morgan fingerprint density at radius 1 is 1.53 bits per heavy atom. The Hall–Kier alpha value is -1.62. The second-order valence-corrected chi connectivity index (χ2v) is 5.86. The first-order valence-corrected chi connectivity index (χ1v) is 7.59. The number of para-hydroxylation sites is 1.